The van der Waals surface area contributed by atoms with Crippen LogP contribution in [0, 0.1) is 0 Å². The van der Waals surface area contributed by atoms with E-state index in [-0.39, 0.29) is 64.2 Å². The van der Waals surface area contributed by atoms with Crippen LogP contribution in [0.2, 0.25) is 0 Å². The first-order chi connectivity index (χ1) is 39.9. The van der Waals surface area contributed by atoms with Gasteiger partial charge in [-0.2, -0.15) is 0 Å². The number of ketones is 2. The van der Waals surface area contributed by atoms with Gasteiger partial charge in [0.05, 0.1) is 45.4 Å². The molecule has 16 N–H and O–H groups in total. The van der Waals surface area contributed by atoms with Gasteiger partial charge in [-0.25, -0.2) is 0 Å². The zero-order valence-electron chi connectivity index (χ0n) is 44.8. The van der Waals surface area contributed by atoms with Crippen LogP contribution in [0.25, 0.3) is 0 Å². The Bertz CT molecular complexity index is 2950. The third kappa shape index (κ3) is 12.8. The van der Waals surface area contributed by atoms with Crippen molar-refractivity contribution in [3.8, 4) is 51.7 Å². The normalized spacial score (nSPS) is 36.6. The first kappa shape index (κ1) is 62.2. The van der Waals surface area contributed by atoms with E-state index in [0.717, 1.165) is 12.1 Å². The van der Waals surface area contributed by atoms with Crippen molar-refractivity contribution >= 4 is 11.6 Å². The van der Waals surface area contributed by atoms with Crippen LogP contribution in [0.1, 0.15) is 70.7 Å². The Morgan fingerprint density at radius 3 is 1.51 bits per heavy atom. The number of aromatic hydroxyl groups is 4. The van der Waals surface area contributed by atoms with Crippen LogP contribution >= 0.6 is 0 Å². The number of phenolic OH excluding ortho intramolecular Hbond substituents is 4. The number of carbonyl (C=O) groups excluding carboxylic acids is 2. The van der Waals surface area contributed by atoms with Crippen LogP contribution in [-0.2, 0) is 28.4 Å². The molecule has 0 aromatic heterocycles. The highest BCUT2D eigenvalue weighted by molar-refractivity contribution is 6.03. The minimum atomic E-state index is -1.77. The molecule has 4 fully saturated rings. The number of rotatable bonds is 13. The topological polar surface area (TPSA) is 459 Å². The van der Waals surface area contributed by atoms with Crippen molar-refractivity contribution in [2.45, 2.75) is 162 Å². The summed E-state index contributed by atoms with van der Waals surface area (Å²) in [5, 5.41) is 164. The summed E-state index contributed by atoms with van der Waals surface area (Å²) in [5.41, 5.74) is 0.902. The van der Waals surface area contributed by atoms with Crippen LogP contribution in [0.3, 0.4) is 0 Å². The summed E-state index contributed by atoms with van der Waals surface area (Å²) in [6.07, 6.45) is -31.9. The maximum absolute atomic E-state index is 12.9. The van der Waals surface area contributed by atoms with Gasteiger partial charge in [0, 0.05) is 24.3 Å². The fourth-order valence-corrected chi connectivity index (χ4v) is 10.3. The molecule has 0 amide bonds. The molecule has 29 heteroatoms. The molecule has 1 unspecified atom stereocenters. The first-order valence-electron chi connectivity index (χ1n) is 26.5. The Labute approximate surface area is 476 Å². The highest BCUT2D eigenvalue weighted by Gasteiger charge is 2.52. The number of carbonyl (C=O) groups is 2. The van der Waals surface area contributed by atoms with E-state index in [2.05, 4.69) is 0 Å². The average molecular weight is 1190 g/mol. The van der Waals surface area contributed by atoms with Crippen molar-refractivity contribution in [1.82, 2.24) is 0 Å². The van der Waals surface area contributed by atoms with Gasteiger partial charge < -0.3 is 134 Å². The molecule has 460 valence electrons. The van der Waals surface area contributed by atoms with Gasteiger partial charge in [-0.05, 0) is 49.2 Å². The number of phenols is 4. The van der Waals surface area contributed by atoms with E-state index in [0.29, 0.717) is 11.1 Å². The molecule has 29 nitrogen and oxygen atoms in total. The Balaban J connectivity index is 0.000000202. The minimum absolute atomic E-state index is 0.0149. The predicted molar refractivity (Wildman–Crippen MR) is 275 cm³/mol. The van der Waals surface area contributed by atoms with Gasteiger partial charge >= 0.3 is 0 Å². The Morgan fingerprint density at radius 2 is 0.964 bits per heavy atom. The first-order valence-corrected chi connectivity index (χ1v) is 26.5. The maximum atomic E-state index is 12.9. The van der Waals surface area contributed by atoms with Gasteiger partial charge in [-0.15, -0.1) is 0 Å². The summed E-state index contributed by atoms with van der Waals surface area (Å²) in [7, 11) is 1.39. The molecule has 22 atom stereocenters. The lowest BCUT2D eigenvalue weighted by molar-refractivity contribution is -0.354. The van der Waals surface area contributed by atoms with Gasteiger partial charge in [-0.1, -0.05) is 18.2 Å². The Kier molecular flexibility index (Phi) is 19.1. The smallest absolute Gasteiger partial charge is 0.229 e. The van der Waals surface area contributed by atoms with Gasteiger partial charge in [0.15, 0.2) is 41.7 Å². The van der Waals surface area contributed by atoms with Crippen molar-refractivity contribution < 1.29 is 143 Å². The summed E-state index contributed by atoms with van der Waals surface area (Å²) in [5.74, 6) is -1.95. The van der Waals surface area contributed by atoms with Gasteiger partial charge in [-0.3, -0.25) is 9.59 Å². The summed E-state index contributed by atoms with van der Waals surface area (Å²) < 4.78 is 61.7. The summed E-state index contributed by atoms with van der Waals surface area (Å²) >= 11 is 0. The fraction of sp³-hybridized carbons (Fsp3) is 0.527. The average Bonchev–Trinajstić information content (AvgIpc) is 3.03. The molecule has 0 saturated carbocycles. The number of fused-ring (bicyclic) bond motifs is 2. The highest BCUT2D eigenvalue weighted by atomic mass is 16.8. The molecule has 10 rings (SSSR count). The molecule has 4 saturated heterocycles. The summed E-state index contributed by atoms with van der Waals surface area (Å²) in [6.45, 7) is 1.68. The fourth-order valence-electron chi connectivity index (χ4n) is 10.3. The number of hydrogen-bond donors (Lipinski definition) is 16. The number of methoxy groups -OCH3 is 1. The lowest BCUT2D eigenvalue weighted by Crippen LogP contribution is -2.64. The minimum Gasteiger partial charge on any atom is -0.508 e. The summed E-state index contributed by atoms with van der Waals surface area (Å²) in [4.78, 5) is 25.8. The number of benzene rings is 4. The van der Waals surface area contributed by atoms with Gasteiger partial charge in [0.1, 0.15) is 143 Å². The van der Waals surface area contributed by atoms with Crippen LogP contribution in [0.4, 0.5) is 0 Å². The van der Waals surface area contributed by atoms with Crippen LogP contribution in [0.15, 0.2) is 66.7 Å². The standard InChI is InChI=1S/C28H34O15.C27H32O14/c1-10-21(32)23(34)25(36)27(40-10)39-9-19-22(33)24(35)26(37)28(43-19)41-12-6-14(30)20-15(31)8-17(42-18(20)7-12)11-3-4-16(38-2)13(29)5-11;1-10-20(32)22(34)24(36)26(37-10)41-25-23(35)21(33)18(9-28)40-27(25)38-13-6-14(30)19-15(31)8-16(39-17(19)7-13)11-2-4-12(29)5-3-11/h3-7,10,17,19,21-30,32-37H,8-9H2,1-2H3;2-7,10,16,18,20-30,32-36H,8-9H2,1H3/t10-,17-,19+,21-,22+,23+,24-,25+,26+,27+,28+;10-,16?,18+,20-,21+,22+,23-,24+,25+,26-,27+/m00/s1. The molecular formula is C55H66O29. The van der Waals surface area contributed by atoms with Crippen molar-refractivity contribution in [3.63, 3.8) is 0 Å². The van der Waals surface area contributed by atoms with Crippen molar-refractivity contribution in [2.75, 3.05) is 20.3 Å². The second-order valence-electron chi connectivity index (χ2n) is 20.9. The van der Waals surface area contributed by atoms with Crippen LogP contribution in [0.5, 0.6) is 51.7 Å². The molecule has 4 aromatic carbocycles. The zero-order chi connectivity index (χ0) is 60.7. The van der Waals surface area contributed by atoms with Crippen molar-refractivity contribution in [3.05, 3.63) is 89.0 Å². The van der Waals surface area contributed by atoms with E-state index in [9.17, 15) is 91.3 Å². The number of hydrogen-bond acceptors (Lipinski definition) is 29. The SMILES string of the molecule is COc1ccc([C@@H]2CC(=O)c3c(O)cc(O[C@@H]4O[C@H](CO[C@@H]5O[C@@H](C)[C@H](O)[C@@H](O)[C@H]5O)[C@@H](O)[C@H](O)[C@H]4O)cc3O2)cc1O.C[C@@H]1O[C@@H](O[C@H]2[C@H](Oc3cc(O)c4c(c3)OC(c3ccc(O)cc3)CC4=O)O[C@H](CO)[C@@H](O)[C@@H]2O)[C@H](O)[C@H](O)[C@H]1O. The second-order valence-corrected chi connectivity index (χ2v) is 20.9. The molecule has 0 radical (unpaired) electrons. The van der Waals surface area contributed by atoms with E-state index in [1.807, 2.05) is 0 Å². The molecule has 6 heterocycles. The van der Waals surface area contributed by atoms with E-state index in [4.69, 9.17) is 52.1 Å². The molecule has 6 aliphatic rings. The lowest BCUT2D eigenvalue weighted by atomic mass is 9.95. The zero-order valence-corrected chi connectivity index (χ0v) is 44.8. The molecular weight excluding hydrogens is 1120 g/mol. The number of aliphatic hydroxyl groups excluding tert-OH is 12. The molecule has 6 aliphatic heterocycles. The molecule has 0 aliphatic carbocycles. The highest BCUT2D eigenvalue weighted by Crippen LogP contribution is 2.46. The third-order valence-corrected chi connectivity index (χ3v) is 15.1. The Morgan fingerprint density at radius 1 is 0.488 bits per heavy atom. The number of Topliss-reactive ketones (excluding diaryl/α,β-unsaturated/α-hetero) is 2. The van der Waals surface area contributed by atoms with Gasteiger partial charge in [0.2, 0.25) is 12.6 Å². The Hall–Kier alpha value is -6.30. The number of aliphatic hydroxyl groups is 12. The predicted octanol–water partition coefficient (Wildman–Crippen LogP) is -2.32. The van der Waals surface area contributed by atoms with Gasteiger partial charge in [0.25, 0.3) is 0 Å². The molecule has 0 bridgehead atoms. The van der Waals surface area contributed by atoms with Crippen LogP contribution in [-0.4, -0.2) is 236 Å². The second kappa shape index (κ2) is 25.7. The largest absolute Gasteiger partial charge is 0.508 e. The van der Waals surface area contributed by atoms with Crippen LogP contribution < -0.4 is 23.7 Å². The number of ether oxygens (including phenoxy) is 11. The molecule has 4 aromatic rings. The monoisotopic (exact) mass is 1190 g/mol. The summed E-state index contributed by atoms with van der Waals surface area (Å²) in [6, 6.07) is 15.4. The molecule has 84 heavy (non-hydrogen) atoms. The maximum Gasteiger partial charge on any atom is 0.229 e. The van der Waals surface area contributed by atoms with E-state index >= 15 is 0 Å². The van der Waals surface area contributed by atoms with Crippen molar-refractivity contribution in [2.24, 2.45) is 0 Å². The van der Waals surface area contributed by atoms with E-state index < -0.39 is 171 Å². The van der Waals surface area contributed by atoms with E-state index in [1.54, 1.807) is 18.2 Å². The molecule has 0 spiro atoms. The van der Waals surface area contributed by atoms with E-state index in [1.165, 1.54) is 57.4 Å². The van der Waals surface area contributed by atoms with Crippen molar-refractivity contribution in [1.29, 1.82) is 0 Å². The lowest BCUT2D eigenvalue weighted by Gasteiger charge is -2.45. The third-order valence-electron chi connectivity index (χ3n) is 15.1. The quantitative estimate of drug-likeness (QED) is 0.0668.